The van der Waals surface area contributed by atoms with E-state index >= 15 is 0 Å². The fraction of sp³-hybridized carbons (Fsp3) is 0.600. The summed E-state index contributed by atoms with van der Waals surface area (Å²) in [5, 5.41) is 3.68. The lowest BCUT2D eigenvalue weighted by Crippen LogP contribution is -2.45. The molecule has 1 heterocycles. The largest absolute Gasteiger partial charge is 0.308 e. The number of nitrogens with one attached hydrogen (secondary N) is 1. The first kappa shape index (κ1) is 11.2. The van der Waals surface area contributed by atoms with Gasteiger partial charge in [0.05, 0.1) is 0 Å². The van der Waals surface area contributed by atoms with Crippen molar-refractivity contribution in [3.63, 3.8) is 0 Å². The average Bonchev–Trinajstić information content (AvgIpc) is 3.20. The number of nitrogens with zero attached hydrogens (tertiary/aromatic N) is 1. The predicted molar refractivity (Wildman–Crippen MR) is 71.0 cm³/mol. The zero-order valence-corrected chi connectivity index (χ0v) is 10.7. The minimum atomic E-state index is 0.644. The minimum Gasteiger partial charge on any atom is -0.308 e. The molecular formula is C15H22N2. The van der Waals surface area contributed by atoms with Gasteiger partial charge in [0.25, 0.3) is 0 Å². The summed E-state index contributed by atoms with van der Waals surface area (Å²) in [6.07, 6.45) is 4.02. The Labute approximate surface area is 104 Å². The van der Waals surface area contributed by atoms with Gasteiger partial charge in [0.2, 0.25) is 0 Å². The van der Waals surface area contributed by atoms with E-state index in [2.05, 4.69) is 41.4 Å². The molecule has 1 N–H and O–H groups in total. The zero-order chi connectivity index (χ0) is 11.7. The molecule has 2 aliphatic rings. The molecular weight excluding hydrogens is 208 g/mol. The third-order valence-electron chi connectivity index (χ3n) is 4.09. The molecule has 1 saturated carbocycles. The molecule has 1 aromatic rings. The number of hydrogen-bond acceptors (Lipinski definition) is 2. The molecule has 1 aliphatic carbocycles. The van der Waals surface area contributed by atoms with Crippen molar-refractivity contribution in [3.05, 3.63) is 35.4 Å². The Balaban J connectivity index is 1.63. The van der Waals surface area contributed by atoms with Crippen molar-refractivity contribution < 1.29 is 0 Å². The van der Waals surface area contributed by atoms with E-state index in [0.717, 1.165) is 12.6 Å². The Kier molecular flexibility index (Phi) is 3.17. The van der Waals surface area contributed by atoms with Crippen molar-refractivity contribution in [1.82, 2.24) is 10.2 Å². The zero-order valence-electron chi connectivity index (χ0n) is 10.7. The quantitative estimate of drug-likeness (QED) is 0.853. The summed E-state index contributed by atoms with van der Waals surface area (Å²) in [6, 6.07) is 10.4. The first-order valence-electron chi connectivity index (χ1n) is 6.91. The first-order chi connectivity index (χ1) is 8.36. The Hall–Kier alpha value is -0.860. The van der Waals surface area contributed by atoms with Gasteiger partial charge < -0.3 is 5.32 Å². The minimum absolute atomic E-state index is 0.644. The van der Waals surface area contributed by atoms with Crippen LogP contribution in [-0.2, 0) is 13.0 Å². The summed E-state index contributed by atoms with van der Waals surface area (Å²) < 4.78 is 0. The van der Waals surface area contributed by atoms with Gasteiger partial charge in [-0.3, -0.25) is 4.90 Å². The van der Waals surface area contributed by atoms with Crippen LogP contribution in [0.2, 0.25) is 0 Å². The van der Waals surface area contributed by atoms with Crippen LogP contribution in [0.25, 0.3) is 0 Å². The second-order valence-corrected chi connectivity index (χ2v) is 5.37. The Morgan fingerprint density at radius 1 is 1.24 bits per heavy atom. The maximum Gasteiger partial charge on any atom is 0.0238 e. The van der Waals surface area contributed by atoms with Crippen LogP contribution in [0.4, 0.5) is 0 Å². The molecule has 0 bridgehead atoms. The fourth-order valence-electron chi connectivity index (χ4n) is 2.91. The summed E-state index contributed by atoms with van der Waals surface area (Å²) in [5.41, 5.74) is 3.03. The van der Waals surface area contributed by atoms with Gasteiger partial charge in [-0.15, -0.1) is 0 Å². The molecule has 0 aromatic heterocycles. The summed E-state index contributed by atoms with van der Waals surface area (Å²) in [6.45, 7) is 5.75. The SMILES string of the molecule is CCN(CC1Cc2ccccc2CN1)C1CC1. The molecule has 0 amide bonds. The van der Waals surface area contributed by atoms with Crippen molar-refractivity contribution in [3.8, 4) is 0 Å². The van der Waals surface area contributed by atoms with Gasteiger partial charge in [-0.1, -0.05) is 31.2 Å². The van der Waals surface area contributed by atoms with Crippen molar-refractivity contribution in [2.24, 2.45) is 0 Å². The maximum atomic E-state index is 3.68. The van der Waals surface area contributed by atoms with Gasteiger partial charge in [0, 0.05) is 25.2 Å². The lowest BCUT2D eigenvalue weighted by molar-refractivity contribution is 0.237. The topological polar surface area (TPSA) is 15.3 Å². The number of likely N-dealkylation sites (N-methyl/N-ethyl adjacent to an activating group) is 1. The molecule has 92 valence electrons. The van der Waals surface area contributed by atoms with E-state index in [1.54, 1.807) is 5.56 Å². The summed E-state index contributed by atoms with van der Waals surface area (Å²) >= 11 is 0. The van der Waals surface area contributed by atoms with Crippen molar-refractivity contribution in [1.29, 1.82) is 0 Å². The third-order valence-corrected chi connectivity index (χ3v) is 4.09. The molecule has 2 nitrogen and oxygen atoms in total. The van der Waals surface area contributed by atoms with Crippen LogP contribution in [0.3, 0.4) is 0 Å². The van der Waals surface area contributed by atoms with Crippen LogP contribution in [0.1, 0.15) is 30.9 Å². The molecule has 0 saturated heterocycles. The van der Waals surface area contributed by atoms with E-state index in [1.807, 2.05) is 0 Å². The second kappa shape index (κ2) is 4.79. The smallest absolute Gasteiger partial charge is 0.0238 e. The van der Waals surface area contributed by atoms with Gasteiger partial charge >= 0.3 is 0 Å². The van der Waals surface area contributed by atoms with Gasteiger partial charge in [-0.25, -0.2) is 0 Å². The van der Waals surface area contributed by atoms with E-state index in [4.69, 9.17) is 0 Å². The third kappa shape index (κ3) is 2.53. The van der Waals surface area contributed by atoms with Gasteiger partial charge in [0.15, 0.2) is 0 Å². The highest BCUT2D eigenvalue weighted by molar-refractivity contribution is 5.30. The highest BCUT2D eigenvalue weighted by Gasteiger charge is 2.30. The number of fused-ring (bicyclic) bond motifs is 1. The second-order valence-electron chi connectivity index (χ2n) is 5.37. The number of benzene rings is 1. The van der Waals surface area contributed by atoms with Crippen LogP contribution in [0.15, 0.2) is 24.3 Å². The Morgan fingerprint density at radius 2 is 2.00 bits per heavy atom. The van der Waals surface area contributed by atoms with E-state index < -0.39 is 0 Å². The van der Waals surface area contributed by atoms with E-state index in [-0.39, 0.29) is 0 Å². The highest BCUT2D eigenvalue weighted by Crippen LogP contribution is 2.27. The molecule has 0 radical (unpaired) electrons. The number of hydrogen-bond donors (Lipinski definition) is 1. The van der Waals surface area contributed by atoms with Crippen LogP contribution >= 0.6 is 0 Å². The van der Waals surface area contributed by atoms with Gasteiger partial charge in [-0.05, 0) is 36.9 Å². The standard InChI is InChI=1S/C15H22N2/c1-2-17(15-7-8-15)11-14-9-12-5-3-4-6-13(12)10-16-14/h3-6,14-16H,2,7-11H2,1H3. The molecule has 0 spiro atoms. The van der Waals surface area contributed by atoms with Crippen molar-refractivity contribution in [2.45, 2.75) is 44.8 Å². The van der Waals surface area contributed by atoms with E-state index in [0.29, 0.717) is 6.04 Å². The molecule has 1 atom stereocenters. The van der Waals surface area contributed by atoms with Gasteiger partial charge in [-0.2, -0.15) is 0 Å². The molecule has 1 aromatic carbocycles. The molecule has 1 unspecified atom stereocenters. The van der Waals surface area contributed by atoms with E-state index in [1.165, 1.54) is 37.9 Å². The molecule has 3 rings (SSSR count). The van der Waals surface area contributed by atoms with Crippen molar-refractivity contribution in [2.75, 3.05) is 13.1 Å². The van der Waals surface area contributed by atoms with Gasteiger partial charge in [0.1, 0.15) is 0 Å². The summed E-state index contributed by atoms with van der Waals surface area (Å²) in [5.74, 6) is 0. The van der Waals surface area contributed by atoms with E-state index in [9.17, 15) is 0 Å². The van der Waals surface area contributed by atoms with Crippen LogP contribution in [0.5, 0.6) is 0 Å². The maximum absolute atomic E-state index is 3.68. The molecule has 17 heavy (non-hydrogen) atoms. The highest BCUT2D eigenvalue weighted by atomic mass is 15.2. The lowest BCUT2D eigenvalue weighted by atomic mass is 9.95. The molecule has 1 aliphatic heterocycles. The predicted octanol–water partition coefficient (Wildman–Crippen LogP) is 2.19. The Morgan fingerprint density at radius 3 is 2.71 bits per heavy atom. The molecule has 1 fully saturated rings. The summed E-state index contributed by atoms with van der Waals surface area (Å²) in [7, 11) is 0. The molecule has 2 heteroatoms. The van der Waals surface area contributed by atoms with Crippen LogP contribution in [-0.4, -0.2) is 30.1 Å². The van der Waals surface area contributed by atoms with Crippen LogP contribution in [0, 0.1) is 0 Å². The number of rotatable bonds is 4. The normalized spacial score (nSPS) is 23.8. The monoisotopic (exact) mass is 230 g/mol. The summed E-state index contributed by atoms with van der Waals surface area (Å²) in [4.78, 5) is 2.64. The average molecular weight is 230 g/mol. The Bertz CT molecular complexity index is 384. The fourth-order valence-corrected chi connectivity index (χ4v) is 2.91. The van der Waals surface area contributed by atoms with Crippen LogP contribution < -0.4 is 5.32 Å². The lowest BCUT2D eigenvalue weighted by Gasteiger charge is -2.31. The van der Waals surface area contributed by atoms with Crippen molar-refractivity contribution >= 4 is 0 Å². The first-order valence-corrected chi connectivity index (χ1v) is 6.91.